The number of nitrogens with one attached hydrogen (secondary N) is 1. The number of hydrogen-bond acceptors (Lipinski definition) is 2. The fourth-order valence-corrected chi connectivity index (χ4v) is 3.11. The number of hydrogen-bond donors (Lipinski definition) is 1. The molecule has 2 aromatic carbocycles. The maximum atomic E-state index is 12.6. The summed E-state index contributed by atoms with van der Waals surface area (Å²) in [5.74, 6) is 0.726. The summed E-state index contributed by atoms with van der Waals surface area (Å²) < 4.78 is 5.81. The molecule has 132 valence electrons. The van der Waals surface area contributed by atoms with E-state index in [1.54, 1.807) is 18.2 Å². The fourth-order valence-electron chi connectivity index (χ4n) is 2.79. The lowest BCUT2D eigenvalue weighted by Gasteiger charge is -2.30. The molecule has 4 nitrogen and oxygen atoms in total. The van der Waals surface area contributed by atoms with Crippen molar-refractivity contribution in [1.82, 2.24) is 4.90 Å². The van der Waals surface area contributed by atoms with Crippen molar-refractivity contribution in [1.29, 1.82) is 0 Å². The Morgan fingerprint density at radius 3 is 2.60 bits per heavy atom. The van der Waals surface area contributed by atoms with E-state index in [1.807, 2.05) is 29.2 Å². The summed E-state index contributed by atoms with van der Waals surface area (Å²) in [5.41, 5.74) is 1.58. The highest BCUT2D eigenvalue weighted by Gasteiger charge is 2.22. The molecule has 1 aliphatic heterocycles. The highest BCUT2D eigenvalue weighted by Crippen LogP contribution is 2.23. The minimum atomic E-state index is 0.0625. The van der Waals surface area contributed by atoms with Crippen molar-refractivity contribution in [3.05, 3.63) is 63.6 Å². The van der Waals surface area contributed by atoms with Crippen molar-refractivity contribution < 1.29 is 14.4 Å². The average Bonchev–Trinajstić information content (AvgIpc) is 2.63. The van der Waals surface area contributed by atoms with Gasteiger partial charge in [0.1, 0.15) is 12.4 Å². The molecule has 1 saturated heterocycles. The fraction of sp³-hybridized carbons (Fsp3) is 0.316. The van der Waals surface area contributed by atoms with E-state index in [2.05, 4.69) is 7.05 Å². The number of amides is 1. The SMILES string of the molecule is C[NH+]1CCN(C(=O)c2cccc(OCc3ccc(Cl)c(Cl)c3)c2)CC1. The first-order chi connectivity index (χ1) is 12.0. The average molecular weight is 380 g/mol. The predicted molar refractivity (Wildman–Crippen MR) is 99.8 cm³/mol. The van der Waals surface area contributed by atoms with Crippen molar-refractivity contribution in [2.45, 2.75) is 6.61 Å². The van der Waals surface area contributed by atoms with Gasteiger partial charge >= 0.3 is 0 Å². The second-order valence-electron chi connectivity index (χ2n) is 6.31. The Kier molecular flexibility index (Phi) is 5.84. The summed E-state index contributed by atoms with van der Waals surface area (Å²) in [6, 6.07) is 12.7. The lowest BCUT2D eigenvalue weighted by atomic mass is 10.1. The van der Waals surface area contributed by atoms with E-state index in [-0.39, 0.29) is 5.91 Å². The Hall–Kier alpha value is -1.75. The maximum absolute atomic E-state index is 12.6. The van der Waals surface area contributed by atoms with Crippen molar-refractivity contribution in [3.8, 4) is 5.75 Å². The Bertz CT molecular complexity index is 759. The number of piperazine rings is 1. The van der Waals surface area contributed by atoms with Crippen LogP contribution in [0, 0.1) is 0 Å². The van der Waals surface area contributed by atoms with E-state index in [0.29, 0.717) is 28.0 Å². The first-order valence-electron chi connectivity index (χ1n) is 8.30. The van der Waals surface area contributed by atoms with Gasteiger partial charge in [0, 0.05) is 5.56 Å². The number of nitrogens with zero attached hydrogens (tertiary/aromatic N) is 1. The smallest absolute Gasteiger partial charge is 0.254 e. The number of halogens is 2. The number of likely N-dealkylation sites (N-methyl/N-ethyl adjacent to an activating group) is 1. The molecule has 0 aromatic heterocycles. The molecule has 0 aliphatic carbocycles. The number of rotatable bonds is 4. The van der Waals surface area contributed by atoms with Crippen LogP contribution in [0.3, 0.4) is 0 Å². The van der Waals surface area contributed by atoms with Crippen LogP contribution in [0.2, 0.25) is 10.0 Å². The highest BCUT2D eigenvalue weighted by atomic mass is 35.5. The van der Waals surface area contributed by atoms with Gasteiger partial charge in [0.05, 0.1) is 43.3 Å². The number of carbonyl (C=O) groups excluding carboxylic acids is 1. The normalized spacial score (nSPS) is 15.2. The maximum Gasteiger partial charge on any atom is 0.254 e. The second kappa shape index (κ2) is 8.09. The van der Waals surface area contributed by atoms with Gasteiger partial charge in [-0.1, -0.05) is 35.3 Å². The van der Waals surface area contributed by atoms with Crippen molar-refractivity contribution >= 4 is 29.1 Å². The van der Waals surface area contributed by atoms with Gasteiger partial charge in [-0.05, 0) is 35.9 Å². The van der Waals surface area contributed by atoms with Gasteiger partial charge < -0.3 is 14.5 Å². The van der Waals surface area contributed by atoms with Crippen LogP contribution in [-0.2, 0) is 6.61 Å². The lowest BCUT2D eigenvalue weighted by molar-refractivity contribution is -0.883. The molecular weight excluding hydrogens is 359 g/mol. The first-order valence-corrected chi connectivity index (χ1v) is 9.06. The third kappa shape index (κ3) is 4.66. The molecule has 1 N–H and O–H groups in total. The summed E-state index contributed by atoms with van der Waals surface area (Å²) in [6.07, 6.45) is 0. The lowest BCUT2D eigenvalue weighted by Crippen LogP contribution is -3.12. The van der Waals surface area contributed by atoms with Crippen LogP contribution in [0.4, 0.5) is 0 Å². The molecule has 0 spiro atoms. The van der Waals surface area contributed by atoms with Gasteiger partial charge in [0.15, 0.2) is 0 Å². The number of quaternary nitrogens is 1. The summed E-state index contributed by atoms with van der Waals surface area (Å²) in [6.45, 7) is 3.92. The molecular formula is C19H21Cl2N2O2+. The van der Waals surface area contributed by atoms with Crippen LogP contribution in [-0.4, -0.2) is 44.0 Å². The first kappa shape index (κ1) is 18.1. The van der Waals surface area contributed by atoms with E-state index < -0.39 is 0 Å². The molecule has 25 heavy (non-hydrogen) atoms. The van der Waals surface area contributed by atoms with Gasteiger partial charge in [-0.2, -0.15) is 0 Å². The zero-order chi connectivity index (χ0) is 17.8. The van der Waals surface area contributed by atoms with Crippen LogP contribution in [0.5, 0.6) is 5.75 Å². The molecule has 0 saturated carbocycles. The van der Waals surface area contributed by atoms with Gasteiger partial charge in [-0.15, -0.1) is 0 Å². The molecule has 1 heterocycles. The largest absolute Gasteiger partial charge is 0.489 e. The summed E-state index contributed by atoms with van der Waals surface area (Å²) in [5, 5.41) is 1.02. The molecule has 6 heteroatoms. The quantitative estimate of drug-likeness (QED) is 0.885. The summed E-state index contributed by atoms with van der Waals surface area (Å²) >= 11 is 11.9. The van der Waals surface area contributed by atoms with Gasteiger partial charge in [0.2, 0.25) is 0 Å². The second-order valence-corrected chi connectivity index (χ2v) is 7.13. The van der Waals surface area contributed by atoms with Crippen LogP contribution in [0.1, 0.15) is 15.9 Å². The molecule has 0 bridgehead atoms. The van der Waals surface area contributed by atoms with Gasteiger partial charge in [-0.25, -0.2) is 0 Å². The van der Waals surface area contributed by atoms with Crippen molar-refractivity contribution in [2.75, 3.05) is 33.2 Å². The van der Waals surface area contributed by atoms with Crippen LogP contribution in [0.15, 0.2) is 42.5 Å². The molecule has 1 aliphatic rings. The highest BCUT2D eigenvalue weighted by molar-refractivity contribution is 6.42. The zero-order valence-corrected chi connectivity index (χ0v) is 15.6. The minimum absolute atomic E-state index is 0.0625. The van der Waals surface area contributed by atoms with Crippen LogP contribution < -0.4 is 9.64 Å². The van der Waals surface area contributed by atoms with Gasteiger partial charge in [-0.3, -0.25) is 4.79 Å². The van der Waals surface area contributed by atoms with Crippen LogP contribution in [0.25, 0.3) is 0 Å². The van der Waals surface area contributed by atoms with Gasteiger partial charge in [0.25, 0.3) is 5.91 Å². The molecule has 0 radical (unpaired) electrons. The van der Waals surface area contributed by atoms with E-state index in [9.17, 15) is 4.79 Å². The monoisotopic (exact) mass is 379 g/mol. The molecule has 2 aromatic rings. The molecule has 0 unspecified atom stereocenters. The molecule has 3 rings (SSSR count). The molecule has 1 amide bonds. The predicted octanol–water partition coefficient (Wildman–Crippen LogP) is 2.54. The Morgan fingerprint density at radius 1 is 1.12 bits per heavy atom. The number of benzene rings is 2. The van der Waals surface area contributed by atoms with Crippen molar-refractivity contribution in [3.63, 3.8) is 0 Å². The summed E-state index contributed by atoms with van der Waals surface area (Å²) in [7, 11) is 2.15. The molecule has 0 atom stereocenters. The van der Waals surface area contributed by atoms with E-state index in [0.717, 1.165) is 31.7 Å². The standard InChI is InChI=1S/C19H20Cl2N2O2/c1-22-7-9-23(10-8-22)19(24)15-3-2-4-16(12-15)25-13-14-5-6-17(20)18(21)11-14/h2-6,11-12H,7-10,13H2,1H3/p+1. The van der Waals surface area contributed by atoms with E-state index in [1.165, 1.54) is 4.90 Å². The van der Waals surface area contributed by atoms with Crippen molar-refractivity contribution in [2.24, 2.45) is 0 Å². The third-order valence-electron chi connectivity index (χ3n) is 4.37. The van der Waals surface area contributed by atoms with E-state index in [4.69, 9.17) is 27.9 Å². The Labute approximate surface area is 157 Å². The zero-order valence-electron chi connectivity index (χ0n) is 14.1. The topological polar surface area (TPSA) is 34.0 Å². The summed E-state index contributed by atoms with van der Waals surface area (Å²) in [4.78, 5) is 16.0. The number of carbonyl (C=O) groups is 1. The Morgan fingerprint density at radius 2 is 1.88 bits per heavy atom. The minimum Gasteiger partial charge on any atom is -0.489 e. The molecule has 1 fully saturated rings. The number of ether oxygens (including phenoxy) is 1. The third-order valence-corrected chi connectivity index (χ3v) is 5.11. The van der Waals surface area contributed by atoms with E-state index >= 15 is 0 Å². The Balaban J connectivity index is 1.64. The van der Waals surface area contributed by atoms with Crippen LogP contribution >= 0.6 is 23.2 Å².